The van der Waals surface area contributed by atoms with Gasteiger partial charge in [0.15, 0.2) is 5.76 Å². The standard InChI is InChI=1S/C16H19NO3/c1-11-10-12(2)20-15(11)16(19)17-14(8-9-18)13-6-4-3-5-7-13/h3-7,10,14,18H,8-9H2,1-2H3,(H,17,19). The summed E-state index contributed by atoms with van der Waals surface area (Å²) in [6.45, 7) is 3.66. The molecule has 0 radical (unpaired) electrons. The Morgan fingerprint density at radius 1 is 1.30 bits per heavy atom. The first-order valence-corrected chi connectivity index (χ1v) is 6.65. The summed E-state index contributed by atoms with van der Waals surface area (Å²) in [5, 5.41) is 12.1. The molecule has 0 fully saturated rings. The molecule has 0 aliphatic heterocycles. The largest absolute Gasteiger partial charge is 0.456 e. The molecule has 1 unspecified atom stereocenters. The van der Waals surface area contributed by atoms with E-state index in [4.69, 9.17) is 9.52 Å². The molecule has 0 spiro atoms. The van der Waals surface area contributed by atoms with Gasteiger partial charge in [-0.3, -0.25) is 4.79 Å². The highest BCUT2D eigenvalue weighted by Gasteiger charge is 2.19. The molecule has 0 saturated carbocycles. The molecule has 1 atom stereocenters. The molecule has 2 rings (SSSR count). The molecule has 1 aromatic carbocycles. The number of aliphatic hydroxyl groups is 1. The molecule has 4 nitrogen and oxygen atoms in total. The van der Waals surface area contributed by atoms with E-state index in [1.165, 1.54) is 0 Å². The van der Waals surface area contributed by atoms with E-state index < -0.39 is 0 Å². The van der Waals surface area contributed by atoms with Crippen LogP contribution in [0.2, 0.25) is 0 Å². The first kappa shape index (κ1) is 14.3. The lowest BCUT2D eigenvalue weighted by Gasteiger charge is -2.17. The van der Waals surface area contributed by atoms with Crippen molar-refractivity contribution in [1.82, 2.24) is 5.32 Å². The summed E-state index contributed by atoms with van der Waals surface area (Å²) in [5.41, 5.74) is 1.78. The Labute approximate surface area is 118 Å². The van der Waals surface area contributed by atoms with Crippen LogP contribution in [0.1, 0.15) is 39.9 Å². The van der Waals surface area contributed by atoms with E-state index in [2.05, 4.69) is 5.32 Å². The van der Waals surface area contributed by atoms with E-state index in [-0.39, 0.29) is 18.6 Å². The zero-order valence-electron chi connectivity index (χ0n) is 11.7. The van der Waals surface area contributed by atoms with Crippen LogP contribution in [-0.2, 0) is 0 Å². The fourth-order valence-corrected chi connectivity index (χ4v) is 2.23. The first-order valence-electron chi connectivity index (χ1n) is 6.65. The van der Waals surface area contributed by atoms with Crippen molar-refractivity contribution in [2.45, 2.75) is 26.3 Å². The van der Waals surface area contributed by atoms with Gasteiger partial charge in [-0.05, 0) is 31.9 Å². The van der Waals surface area contributed by atoms with Crippen molar-refractivity contribution >= 4 is 5.91 Å². The number of hydrogen-bond acceptors (Lipinski definition) is 3. The third-order valence-electron chi connectivity index (χ3n) is 3.17. The lowest BCUT2D eigenvalue weighted by atomic mass is 10.0. The predicted octanol–water partition coefficient (Wildman–Crippen LogP) is 2.75. The van der Waals surface area contributed by atoms with Crippen molar-refractivity contribution in [3.63, 3.8) is 0 Å². The molecule has 4 heteroatoms. The van der Waals surface area contributed by atoms with Crippen LogP contribution in [0, 0.1) is 13.8 Å². The van der Waals surface area contributed by atoms with Crippen LogP contribution < -0.4 is 5.32 Å². The molecule has 0 saturated heterocycles. The second-order valence-corrected chi connectivity index (χ2v) is 4.82. The van der Waals surface area contributed by atoms with E-state index in [0.717, 1.165) is 11.1 Å². The minimum atomic E-state index is -0.252. The van der Waals surface area contributed by atoms with Gasteiger partial charge in [-0.1, -0.05) is 30.3 Å². The number of carbonyl (C=O) groups excluding carboxylic acids is 1. The number of nitrogens with one attached hydrogen (secondary N) is 1. The van der Waals surface area contributed by atoms with Gasteiger partial charge >= 0.3 is 0 Å². The molecule has 20 heavy (non-hydrogen) atoms. The monoisotopic (exact) mass is 273 g/mol. The smallest absolute Gasteiger partial charge is 0.287 e. The van der Waals surface area contributed by atoms with Crippen molar-refractivity contribution in [2.75, 3.05) is 6.61 Å². The van der Waals surface area contributed by atoms with Gasteiger partial charge in [0.1, 0.15) is 5.76 Å². The van der Waals surface area contributed by atoms with Gasteiger partial charge in [0.2, 0.25) is 0 Å². The Balaban J connectivity index is 2.16. The fourth-order valence-electron chi connectivity index (χ4n) is 2.23. The summed E-state index contributed by atoms with van der Waals surface area (Å²) in [5.74, 6) is 0.797. The highest BCUT2D eigenvalue weighted by molar-refractivity contribution is 5.93. The van der Waals surface area contributed by atoms with Crippen LogP contribution >= 0.6 is 0 Å². The van der Waals surface area contributed by atoms with Crippen molar-refractivity contribution < 1.29 is 14.3 Å². The molecule has 106 valence electrons. The number of hydrogen-bond donors (Lipinski definition) is 2. The number of aliphatic hydroxyl groups excluding tert-OH is 1. The van der Waals surface area contributed by atoms with E-state index in [9.17, 15) is 4.79 Å². The lowest BCUT2D eigenvalue weighted by Crippen LogP contribution is -2.29. The normalized spacial score (nSPS) is 12.2. The Kier molecular flexibility index (Phi) is 4.58. The minimum absolute atomic E-state index is 0.00993. The molecule has 1 amide bonds. The molecule has 0 bridgehead atoms. The summed E-state index contributed by atoms with van der Waals surface area (Å²) in [7, 11) is 0. The third-order valence-corrected chi connectivity index (χ3v) is 3.17. The summed E-state index contributed by atoms with van der Waals surface area (Å²) >= 11 is 0. The molecule has 1 heterocycles. The number of amides is 1. The number of carbonyl (C=O) groups is 1. The van der Waals surface area contributed by atoms with Crippen LogP contribution in [0.15, 0.2) is 40.8 Å². The molecule has 0 aliphatic carbocycles. The maximum Gasteiger partial charge on any atom is 0.287 e. The van der Waals surface area contributed by atoms with E-state index in [0.29, 0.717) is 17.9 Å². The topological polar surface area (TPSA) is 62.5 Å². The Bertz CT molecular complexity index is 575. The van der Waals surface area contributed by atoms with Crippen molar-refractivity contribution in [2.24, 2.45) is 0 Å². The Morgan fingerprint density at radius 2 is 2.00 bits per heavy atom. The second-order valence-electron chi connectivity index (χ2n) is 4.82. The average molecular weight is 273 g/mol. The molecule has 0 aliphatic rings. The molecule has 1 aromatic heterocycles. The second kappa shape index (κ2) is 6.39. The van der Waals surface area contributed by atoms with Crippen LogP contribution in [0.25, 0.3) is 0 Å². The van der Waals surface area contributed by atoms with Gasteiger partial charge in [0.25, 0.3) is 5.91 Å². The van der Waals surface area contributed by atoms with E-state index in [1.807, 2.05) is 50.2 Å². The lowest BCUT2D eigenvalue weighted by molar-refractivity contribution is 0.0899. The minimum Gasteiger partial charge on any atom is -0.456 e. The average Bonchev–Trinajstić information content (AvgIpc) is 2.78. The molecule has 2 N–H and O–H groups in total. The Hall–Kier alpha value is -2.07. The zero-order valence-corrected chi connectivity index (χ0v) is 11.7. The predicted molar refractivity (Wildman–Crippen MR) is 76.5 cm³/mol. The van der Waals surface area contributed by atoms with E-state index >= 15 is 0 Å². The third kappa shape index (κ3) is 3.27. The van der Waals surface area contributed by atoms with Gasteiger partial charge in [0, 0.05) is 12.2 Å². The van der Waals surface area contributed by atoms with Crippen LogP contribution in [0.3, 0.4) is 0 Å². The molecular weight excluding hydrogens is 254 g/mol. The quantitative estimate of drug-likeness (QED) is 0.880. The molecule has 2 aromatic rings. The maximum absolute atomic E-state index is 12.3. The van der Waals surface area contributed by atoms with Crippen molar-refractivity contribution in [3.8, 4) is 0 Å². The summed E-state index contributed by atoms with van der Waals surface area (Å²) in [6.07, 6.45) is 0.467. The SMILES string of the molecule is Cc1cc(C)c(C(=O)NC(CCO)c2ccccc2)o1. The number of aryl methyl sites for hydroxylation is 2. The van der Waals surface area contributed by atoms with Gasteiger partial charge in [0.05, 0.1) is 6.04 Å². The van der Waals surface area contributed by atoms with Crippen LogP contribution in [0.4, 0.5) is 0 Å². The van der Waals surface area contributed by atoms with Gasteiger partial charge in [-0.2, -0.15) is 0 Å². The summed E-state index contributed by atoms with van der Waals surface area (Å²) < 4.78 is 5.42. The van der Waals surface area contributed by atoms with Gasteiger partial charge in [-0.25, -0.2) is 0 Å². The van der Waals surface area contributed by atoms with Crippen molar-refractivity contribution in [3.05, 3.63) is 59.0 Å². The van der Waals surface area contributed by atoms with Crippen LogP contribution in [0.5, 0.6) is 0 Å². The zero-order chi connectivity index (χ0) is 14.5. The highest BCUT2D eigenvalue weighted by atomic mass is 16.3. The molecular formula is C16H19NO3. The van der Waals surface area contributed by atoms with Crippen molar-refractivity contribution in [1.29, 1.82) is 0 Å². The first-order chi connectivity index (χ1) is 9.61. The van der Waals surface area contributed by atoms with Gasteiger partial charge < -0.3 is 14.8 Å². The fraction of sp³-hybridized carbons (Fsp3) is 0.312. The number of benzene rings is 1. The summed E-state index contributed by atoms with van der Waals surface area (Å²) in [4.78, 5) is 12.3. The number of furan rings is 1. The number of rotatable bonds is 5. The van der Waals surface area contributed by atoms with E-state index in [1.54, 1.807) is 0 Å². The highest BCUT2D eigenvalue weighted by Crippen LogP contribution is 2.19. The summed E-state index contributed by atoms with van der Waals surface area (Å²) in [6, 6.07) is 11.2. The van der Waals surface area contributed by atoms with Crippen LogP contribution in [-0.4, -0.2) is 17.6 Å². The Morgan fingerprint density at radius 3 is 2.55 bits per heavy atom. The van der Waals surface area contributed by atoms with Gasteiger partial charge in [-0.15, -0.1) is 0 Å². The maximum atomic E-state index is 12.3.